The average Bonchev–Trinajstić information content (AvgIpc) is 3.54. The first kappa shape index (κ1) is 33.7. The van der Waals surface area contributed by atoms with Crippen LogP contribution in [0.1, 0.15) is 40.4 Å². The minimum atomic E-state index is -3.96. The number of pyridine rings is 1. The summed E-state index contributed by atoms with van der Waals surface area (Å²) in [6, 6.07) is 17.1. The SMILES string of the molecule is Cc1cc(-c2cnc3c(ccn3S(=O)(=O)C3(C)C=CC=C(c4ccc(C(=O)N5CC(O)C5)cc4)C3)c2)cc(C#N)c1N1CCN(CCO)CC1. The molecule has 4 heterocycles. The van der Waals surface area contributed by atoms with Gasteiger partial charge >= 0.3 is 0 Å². The summed E-state index contributed by atoms with van der Waals surface area (Å²) in [6.45, 7) is 8.34. The van der Waals surface area contributed by atoms with Gasteiger partial charge in [0.25, 0.3) is 5.91 Å². The number of piperazine rings is 1. The first-order chi connectivity index (χ1) is 24.0. The summed E-state index contributed by atoms with van der Waals surface area (Å²) in [7, 11) is -3.96. The number of anilines is 1. The topological polar surface area (TPSA) is 143 Å². The Morgan fingerprint density at radius 1 is 1.04 bits per heavy atom. The van der Waals surface area contributed by atoms with E-state index in [1.54, 1.807) is 54.6 Å². The van der Waals surface area contributed by atoms with Crippen molar-refractivity contribution in [2.24, 2.45) is 0 Å². The van der Waals surface area contributed by atoms with Crippen LogP contribution in [0.2, 0.25) is 0 Å². The monoisotopic (exact) mass is 692 g/mol. The summed E-state index contributed by atoms with van der Waals surface area (Å²) < 4.78 is 28.6. The highest BCUT2D eigenvalue weighted by Crippen LogP contribution is 2.38. The molecule has 3 aliphatic rings. The van der Waals surface area contributed by atoms with Gasteiger partial charge in [0.2, 0.25) is 10.0 Å². The lowest BCUT2D eigenvalue weighted by Crippen LogP contribution is -2.53. The van der Waals surface area contributed by atoms with Gasteiger partial charge in [-0.25, -0.2) is 17.4 Å². The van der Waals surface area contributed by atoms with Crippen molar-refractivity contribution < 1.29 is 23.4 Å². The van der Waals surface area contributed by atoms with Gasteiger partial charge in [-0.05, 0) is 78.9 Å². The second kappa shape index (κ2) is 13.2. The molecule has 4 aromatic rings. The molecule has 2 saturated heterocycles. The molecule has 7 rings (SSSR count). The molecule has 0 radical (unpaired) electrons. The van der Waals surface area contributed by atoms with E-state index < -0.39 is 20.9 Å². The smallest absolute Gasteiger partial charge is 0.254 e. The largest absolute Gasteiger partial charge is 0.395 e. The summed E-state index contributed by atoms with van der Waals surface area (Å²) in [5, 5.41) is 29.6. The molecule has 11 nitrogen and oxygen atoms in total. The van der Waals surface area contributed by atoms with Crippen molar-refractivity contribution in [3.63, 3.8) is 0 Å². The van der Waals surface area contributed by atoms with Crippen LogP contribution in [0.5, 0.6) is 0 Å². The molecule has 12 heteroatoms. The number of amides is 1. The Morgan fingerprint density at radius 3 is 2.46 bits per heavy atom. The quantitative estimate of drug-likeness (QED) is 0.282. The highest BCUT2D eigenvalue weighted by molar-refractivity contribution is 7.91. The summed E-state index contributed by atoms with van der Waals surface area (Å²) in [6.07, 6.45) is 8.34. The van der Waals surface area contributed by atoms with Crippen molar-refractivity contribution in [2.45, 2.75) is 31.1 Å². The highest BCUT2D eigenvalue weighted by atomic mass is 32.2. The van der Waals surface area contributed by atoms with Gasteiger partial charge in [0, 0.05) is 74.7 Å². The Bertz CT molecular complexity index is 2170. The number of aliphatic hydroxyl groups excluding tert-OH is 2. The third-order valence-electron chi connectivity index (χ3n) is 10.1. The summed E-state index contributed by atoms with van der Waals surface area (Å²) in [4.78, 5) is 23.3. The summed E-state index contributed by atoms with van der Waals surface area (Å²) >= 11 is 0. The second-order valence-corrected chi connectivity index (χ2v) is 15.9. The van der Waals surface area contributed by atoms with E-state index in [1.807, 2.05) is 43.3 Å². The summed E-state index contributed by atoms with van der Waals surface area (Å²) in [5.74, 6) is -0.135. The molecule has 2 aliphatic heterocycles. The van der Waals surface area contributed by atoms with Gasteiger partial charge in [0.05, 0.1) is 24.0 Å². The van der Waals surface area contributed by atoms with Gasteiger partial charge in [0.1, 0.15) is 10.8 Å². The van der Waals surface area contributed by atoms with Crippen LogP contribution >= 0.6 is 0 Å². The molecule has 2 aromatic carbocycles. The standard InChI is InChI=1S/C38H40N6O5S/c1-26-18-31(20-32(22-39)35(26)42-14-12-41(13-15-42)16-17-45)33-19-29-9-11-44(36(29)40-23-33)50(48,49)38(2)10-3-4-30(21-38)27-5-7-28(8-6-27)37(47)43-24-34(46)25-43/h3-11,18-20,23,34,45-46H,12-17,21,24-25H2,1-2H3. The van der Waals surface area contributed by atoms with Crippen LogP contribution in [0.15, 0.2) is 79.2 Å². The zero-order valence-electron chi connectivity index (χ0n) is 28.2. The zero-order valence-corrected chi connectivity index (χ0v) is 29.0. The molecule has 258 valence electrons. The average molecular weight is 693 g/mol. The van der Waals surface area contributed by atoms with Crippen LogP contribution < -0.4 is 4.90 Å². The van der Waals surface area contributed by atoms with Gasteiger partial charge in [-0.2, -0.15) is 5.26 Å². The van der Waals surface area contributed by atoms with E-state index in [0.717, 1.165) is 59.7 Å². The number of benzene rings is 2. The van der Waals surface area contributed by atoms with Gasteiger partial charge in [-0.15, -0.1) is 0 Å². The second-order valence-electron chi connectivity index (χ2n) is 13.6. The first-order valence-corrected chi connectivity index (χ1v) is 18.3. The van der Waals surface area contributed by atoms with Gasteiger partial charge < -0.3 is 20.0 Å². The van der Waals surface area contributed by atoms with Gasteiger partial charge in [-0.3, -0.25) is 9.69 Å². The maximum absolute atomic E-state index is 14.3. The Hall–Kier alpha value is -4.80. The highest BCUT2D eigenvalue weighted by Gasteiger charge is 2.41. The number of carbonyl (C=O) groups excluding carboxylic acids is 1. The minimum Gasteiger partial charge on any atom is -0.395 e. The van der Waals surface area contributed by atoms with Crippen molar-refractivity contribution in [3.8, 4) is 17.2 Å². The number of nitriles is 1. The van der Waals surface area contributed by atoms with E-state index >= 15 is 0 Å². The van der Waals surface area contributed by atoms with E-state index in [9.17, 15) is 28.7 Å². The number of hydrogen-bond acceptors (Lipinski definition) is 9. The van der Waals surface area contributed by atoms with Crippen molar-refractivity contribution in [2.75, 3.05) is 57.3 Å². The van der Waals surface area contributed by atoms with Crippen molar-refractivity contribution >= 4 is 38.2 Å². The van der Waals surface area contributed by atoms with Crippen molar-refractivity contribution in [1.82, 2.24) is 18.8 Å². The molecule has 2 aromatic heterocycles. The van der Waals surface area contributed by atoms with Gasteiger partial charge in [0.15, 0.2) is 5.65 Å². The molecule has 1 unspecified atom stereocenters. The fourth-order valence-electron chi connectivity index (χ4n) is 7.23. The number of allylic oxidation sites excluding steroid dienone is 3. The van der Waals surface area contributed by atoms with E-state index in [1.165, 1.54) is 3.97 Å². The number of aromatic nitrogens is 2. The Labute approximate surface area is 292 Å². The normalized spacial score (nSPS) is 20.1. The number of aryl methyl sites for hydroxylation is 1. The van der Waals surface area contributed by atoms with Crippen LogP contribution in [-0.4, -0.2) is 107 Å². The van der Waals surface area contributed by atoms with Crippen molar-refractivity contribution in [3.05, 3.63) is 101 Å². The number of fused-ring (bicyclic) bond motifs is 1. The number of β-amino-alcohol motifs (C(OH)–C–C–N with tert-alkyl or cyclic N) is 2. The number of carbonyl (C=O) groups is 1. The number of aliphatic hydroxyl groups is 2. The molecule has 1 amide bonds. The van der Waals surface area contributed by atoms with Crippen LogP contribution in [0, 0.1) is 18.3 Å². The lowest BCUT2D eigenvalue weighted by molar-refractivity contribution is 0.00589. The molecular weight excluding hydrogens is 653 g/mol. The van der Waals surface area contributed by atoms with Crippen LogP contribution in [0.25, 0.3) is 27.7 Å². The lowest BCUT2D eigenvalue weighted by atomic mass is 9.90. The molecule has 0 bridgehead atoms. The van der Waals surface area contributed by atoms with E-state index in [0.29, 0.717) is 41.8 Å². The molecule has 1 aliphatic carbocycles. The Morgan fingerprint density at radius 2 is 1.78 bits per heavy atom. The predicted molar refractivity (Wildman–Crippen MR) is 193 cm³/mol. The van der Waals surface area contributed by atoms with E-state index in [2.05, 4.69) is 20.9 Å². The Kier molecular flexibility index (Phi) is 8.86. The molecule has 0 saturated carbocycles. The third-order valence-corrected chi connectivity index (χ3v) is 12.4. The molecule has 2 N–H and O–H groups in total. The molecule has 0 spiro atoms. The van der Waals surface area contributed by atoms with Crippen LogP contribution in [0.3, 0.4) is 0 Å². The number of hydrogen-bond donors (Lipinski definition) is 2. The maximum Gasteiger partial charge on any atom is 0.254 e. The maximum atomic E-state index is 14.3. The first-order valence-electron chi connectivity index (χ1n) is 16.8. The molecule has 2 fully saturated rings. The lowest BCUT2D eigenvalue weighted by Gasteiger charge is -2.37. The third kappa shape index (κ3) is 6.00. The van der Waals surface area contributed by atoms with Crippen LogP contribution in [0.4, 0.5) is 5.69 Å². The zero-order chi connectivity index (χ0) is 35.2. The Balaban J connectivity index is 1.11. The fraction of sp³-hybridized carbons (Fsp3) is 0.342. The number of nitrogens with zero attached hydrogens (tertiary/aromatic N) is 6. The van der Waals surface area contributed by atoms with Crippen LogP contribution in [-0.2, 0) is 10.0 Å². The number of rotatable bonds is 8. The fourth-order valence-corrected chi connectivity index (χ4v) is 8.87. The molecular formula is C38H40N6O5S. The molecule has 50 heavy (non-hydrogen) atoms. The minimum absolute atomic E-state index is 0.132. The van der Waals surface area contributed by atoms with E-state index in [-0.39, 0.29) is 18.9 Å². The van der Waals surface area contributed by atoms with Gasteiger partial charge in [-0.1, -0.05) is 30.4 Å². The summed E-state index contributed by atoms with van der Waals surface area (Å²) in [5.41, 5.74) is 6.61. The van der Waals surface area contributed by atoms with E-state index in [4.69, 9.17) is 0 Å². The molecule has 1 atom stereocenters. The van der Waals surface area contributed by atoms with Crippen molar-refractivity contribution in [1.29, 1.82) is 5.26 Å². The number of likely N-dealkylation sites (tertiary alicyclic amines) is 1. The predicted octanol–water partition coefficient (Wildman–Crippen LogP) is 3.79.